The molecule has 0 aliphatic carbocycles. The molecule has 0 unspecified atom stereocenters. The summed E-state index contributed by atoms with van der Waals surface area (Å²) in [6, 6.07) is 5.05. The first-order valence-electron chi connectivity index (χ1n) is 9.91. The van der Waals surface area contributed by atoms with Crippen LogP contribution in [0.4, 0.5) is 5.69 Å². The number of ether oxygens (including phenoxy) is 1. The molecule has 2 aromatic rings. The van der Waals surface area contributed by atoms with Crippen LogP contribution < -0.4 is 9.64 Å². The topological polar surface area (TPSA) is 83.8 Å². The number of rotatable bonds is 4. The fourth-order valence-corrected chi connectivity index (χ4v) is 4.05. The van der Waals surface area contributed by atoms with Gasteiger partial charge in [0.15, 0.2) is 0 Å². The summed E-state index contributed by atoms with van der Waals surface area (Å²) in [7, 11) is 3.38. The summed E-state index contributed by atoms with van der Waals surface area (Å²) < 4.78 is 6.82. The number of nitrogens with zero attached hydrogens (tertiary/aromatic N) is 6. The maximum Gasteiger partial charge on any atom is 0.272 e. The molecule has 2 saturated heterocycles. The first kappa shape index (κ1) is 19.4. The number of aromatic nitrogens is 3. The number of methoxy groups -OCH3 is 1. The molecule has 9 heteroatoms. The van der Waals surface area contributed by atoms with Crippen LogP contribution in [-0.2, 0) is 11.8 Å². The van der Waals surface area contributed by atoms with Gasteiger partial charge in [0.1, 0.15) is 5.69 Å². The summed E-state index contributed by atoms with van der Waals surface area (Å²) in [5, 5.41) is 4.18. The molecule has 4 rings (SSSR count). The highest BCUT2D eigenvalue weighted by Gasteiger charge is 2.36. The Balaban J connectivity index is 1.38. The number of pyridine rings is 1. The summed E-state index contributed by atoms with van der Waals surface area (Å²) >= 11 is 0. The van der Waals surface area contributed by atoms with Crippen molar-refractivity contribution in [3.8, 4) is 5.88 Å². The molecule has 0 saturated carbocycles. The Morgan fingerprint density at radius 3 is 2.66 bits per heavy atom. The number of amides is 2. The van der Waals surface area contributed by atoms with Crippen LogP contribution in [0.15, 0.2) is 30.6 Å². The SMILES string of the molecule is COc1cccc(C(=O)N2CCN([C@H]3CCCN(c4cnn(C)c4)C3=O)CC2)n1. The lowest BCUT2D eigenvalue weighted by atomic mass is 10.0. The fraction of sp³-hybridized carbons (Fsp3) is 0.500. The molecule has 2 aliphatic rings. The van der Waals surface area contributed by atoms with E-state index in [1.165, 1.54) is 7.11 Å². The molecule has 1 atom stereocenters. The van der Waals surface area contributed by atoms with E-state index in [0.717, 1.165) is 25.1 Å². The van der Waals surface area contributed by atoms with Crippen LogP contribution in [0.2, 0.25) is 0 Å². The van der Waals surface area contributed by atoms with E-state index in [9.17, 15) is 9.59 Å². The predicted octanol–water partition coefficient (Wildman–Crippen LogP) is 0.777. The molecule has 29 heavy (non-hydrogen) atoms. The second-order valence-electron chi connectivity index (χ2n) is 7.41. The number of carbonyl (C=O) groups is 2. The molecule has 0 radical (unpaired) electrons. The number of hydrogen-bond acceptors (Lipinski definition) is 6. The minimum absolute atomic E-state index is 0.101. The van der Waals surface area contributed by atoms with E-state index in [1.807, 2.05) is 18.1 Å². The van der Waals surface area contributed by atoms with Crippen molar-refractivity contribution in [3.63, 3.8) is 0 Å². The van der Waals surface area contributed by atoms with Crippen molar-refractivity contribution in [2.24, 2.45) is 7.05 Å². The minimum Gasteiger partial charge on any atom is -0.481 e. The molecular weight excluding hydrogens is 372 g/mol. The molecule has 0 N–H and O–H groups in total. The van der Waals surface area contributed by atoms with Crippen molar-refractivity contribution >= 4 is 17.5 Å². The number of anilines is 1. The van der Waals surface area contributed by atoms with Gasteiger partial charge in [0.25, 0.3) is 5.91 Å². The molecule has 2 fully saturated rings. The van der Waals surface area contributed by atoms with Gasteiger partial charge < -0.3 is 14.5 Å². The molecule has 9 nitrogen and oxygen atoms in total. The van der Waals surface area contributed by atoms with Crippen molar-refractivity contribution in [2.75, 3.05) is 44.7 Å². The highest BCUT2D eigenvalue weighted by molar-refractivity contribution is 5.97. The highest BCUT2D eigenvalue weighted by Crippen LogP contribution is 2.24. The number of piperidine rings is 1. The Bertz CT molecular complexity index is 890. The largest absolute Gasteiger partial charge is 0.481 e. The highest BCUT2D eigenvalue weighted by atomic mass is 16.5. The molecule has 2 aromatic heterocycles. The third kappa shape index (κ3) is 3.95. The second-order valence-corrected chi connectivity index (χ2v) is 7.41. The molecule has 2 aliphatic heterocycles. The summed E-state index contributed by atoms with van der Waals surface area (Å²) in [5.41, 5.74) is 1.23. The lowest BCUT2D eigenvalue weighted by Crippen LogP contribution is -2.58. The number of hydrogen-bond donors (Lipinski definition) is 0. The van der Waals surface area contributed by atoms with Gasteiger partial charge in [0.2, 0.25) is 11.8 Å². The van der Waals surface area contributed by atoms with Crippen LogP contribution in [0.1, 0.15) is 23.3 Å². The standard InChI is InChI=1S/C20H26N6O3/c1-23-14-15(13-21-23)26-8-4-6-17(20(26)28)24-9-11-25(12-10-24)19(27)16-5-3-7-18(22-16)29-2/h3,5,7,13-14,17H,4,6,8-12H2,1-2H3/t17-/m0/s1. The van der Waals surface area contributed by atoms with Crippen molar-refractivity contribution in [1.82, 2.24) is 24.6 Å². The van der Waals surface area contributed by atoms with Gasteiger partial charge in [-0.25, -0.2) is 4.98 Å². The van der Waals surface area contributed by atoms with Gasteiger partial charge in [-0.15, -0.1) is 0 Å². The van der Waals surface area contributed by atoms with Gasteiger partial charge in [-0.1, -0.05) is 6.07 Å². The van der Waals surface area contributed by atoms with E-state index in [-0.39, 0.29) is 17.9 Å². The molecule has 0 aromatic carbocycles. The van der Waals surface area contributed by atoms with Gasteiger partial charge in [-0.3, -0.25) is 19.2 Å². The van der Waals surface area contributed by atoms with E-state index in [4.69, 9.17) is 4.74 Å². The molecular formula is C20H26N6O3. The van der Waals surface area contributed by atoms with E-state index in [0.29, 0.717) is 37.8 Å². The summed E-state index contributed by atoms with van der Waals surface area (Å²) in [5.74, 6) is 0.451. The van der Waals surface area contributed by atoms with Gasteiger partial charge in [-0.05, 0) is 18.9 Å². The van der Waals surface area contributed by atoms with Gasteiger partial charge in [-0.2, -0.15) is 5.10 Å². The first-order valence-corrected chi connectivity index (χ1v) is 9.91. The van der Waals surface area contributed by atoms with Crippen LogP contribution in [0.5, 0.6) is 5.88 Å². The minimum atomic E-state index is -0.142. The molecule has 154 valence electrons. The van der Waals surface area contributed by atoms with Crippen molar-refractivity contribution in [3.05, 3.63) is 36.3 Å². The number of piperazine rings is 1. The molecule has 0 bridgehead atoms. The van der Waals surface area contributed by atoms with Crippen LogP contribution in [0.25, 0.3) is 0 Å². The van der Waals surface area contributed by atoms with Crippen LogP contribution in [0.3, 0.4) is 0 Å². The first-order chi connectivity index (χ1) is 14.1. The van der Waals surface area contributed by atoms with Gasteiger partial charge >= 0.3 is 0 Å². The predicted molar refractivity (Wildman–Crippen MR) is 107 cm³/mol. The third-order valence-corrected chi connectivity index (χ3v) is 5.61. The normalized spacial score (nSPS) is 20.8. The van der Waals surface area contributed by atoms with Crippen molar-refractivity contribution in [1.29, 1.82) is 0 Å². The van der Waals surface area contributed by atoms with Crippen molar-refractivity contribution < 1.29 is 14.3 Å². The van der Waals surface area contributed by atoms with Crippen molar-refractivity contribution in [2.45, 2.75) is 18.9 Å². The van der Waals surface area contributed by atoms with Crippen LogP contribution in [-0.4, -0.2) is 82.3 Å². The summed E-state index contributed by atoms with van der Waals surface area (Å²) in [6.45, 7) is 3.23. The van der Waals surface area contributed by atoms with Crippen LogP contribution in [0, 0.1) is 0 Å². The Hall–Kier alpha value is -2.94. The monoisotopic (exact) mass is 398 g/mol. The fourth-order valence-electron chi connectivity index (χ4n) is 4.05. The Labute approximate surface area is 169 Å². The lowest BCUT2D eigenvalue weighted by molar-refractivity contribution is -0.126. The maximum absolute atomic E-state index is 13.1. The molecule has 2 amide bonds. The average molecular weight is 398 g/mol. The lowest BCUT2D eigenvalue weighted by Gasteiger charge is -2.42. The van der Waals surface area contributed by atoms with E-state index >= 15 is 0 Å². The Kier molecular flexibility index (Phi) is 5.48. The van der Waals surface area contributed by atoms with Gasteiger partial charge in [0.05, 0.1) is 25.0 Å². The average Bonchev–Trinajstić information content (AvgIpc) is 3.19. The molecule has 0 spiro atoms. The summed E-state index contributed by atoms with van der Waals surface area (Å²) in [4.78, 5) is 35.9. The number of aryl methyl sites for hydroxylation is 1. The van der Waals surface area contributed by atoms with E-state index in [2.05, 4.69) is 15.0 Å². The smallest absolute Gasteiger partial charge is 0.272 e. The zero-order valence-corrected chi connectivity index (χ0v) is 16.8. The zero-order chi connectivity index (χ0) is 20.4. The Morgan fingerprint density at radius 1 is 1.17 bits per heavy atom. The number of carbonyl (C=O) groups excluding carboxylic acids is 2. The van der Waals surface area contributed by atoms with Gasteiger partial charge in [0, 0.05) is 52.0 Å². The third-order valence-electron chi connectivity index (χ3n) is 5.61. The van der Waals surface area contributed by atoms with E-state index < -0.39 is 0 Å². The Morgan fingerprint density at radius 2 is 1.97 bits per heavy atom. The maximum atomic E-state index is 13.1. The second kappa shape index (κ2) is 8.20. The molecule has 4 heterocycles. The van der Waals surface area contributed by atoms with Crippen LogP contribution >= 0.6 is 0 Å². The van der Waals surface area contributed by atoms with E-state index in [1.54, 1.807) is 34.0 Å². The summed E-state index contributed by atoms with van der Waals surface area (Å²) in [6.07, 6.45) is 5.41. The quantitative estimate of drug-likeness (QED) is 0.757. The zero-order valence-electron chi connectivity index (χ0n) is 16.8.